The Bertz CT molecular complexity index is 613. The standard InChI is InChI=1S/C17H19NO2S/c1-12-8-9-16(19)15(10-12)18-17(20)13(2)21-11-14-6-4-3-5-7-14/h3-10,13,19H,11H2,1-2H3,(H,18,20). The monoisotopic (exact) mass is 301 g/mol. The second-order valence-electron chi connectivity index (χ2n) is 4.95. The molecular weight excluding hydrogens is 282 g/mol. The molecule has 0 radical (unpaired) electrons. The number of thioether (sulfide) groups is 1. The maximum absolute atomic E-state index is 12.2. The van der Waals surface area contributed by atoms with Crippen molar-refractivity contribution in [1.29, 1.82) is 0 Å². The third-order valence-corrected chi connectivity index (χ3v) is 4.34. The first-order valence-corrected chi connectivity index (χ1v) is 7.87. The molecule has 0 aliphatic carbocycles. The van der Waals surface area contributed by atoms with Crippen molar-refractivity contribution in [3.8, 4) is 5.75 Å². The quantitative estimate of drug-likeness (QED) is 0.822. The summed E-state index contributed by atoms with van der Waals surface area (Å²) >= 11 is 1.57. The largest absolute Gasteiger partial charge is 0.506 e. The molecule has 0 fully saturated rings. The summed E-state index contributed by atoms with van der Waals surface area (Å²) in [5, 5.41) is 12.3. The van der Waals surface area contributed by atoms with Gasteiger partial charge in [0.05, 0.1) is 10.9 Å². The minimum Gasteiger partial charge on any atom is -0.506 e. The Hall–Kier alpha value is -1.94. The molecule has 2 N–H and O–H groups in total. The number of nitrogens with one attached hydrogen (secondary N) is 1. The molecule has 0 saturated heterocycles. The van der Waals surface area contributed by atoms with Crippen LogP contribution in [0.2, 0.25) is 0 Å². The molecule has 0 bridgehead atoms. The van der Waals surface area contributed by atoms with Gasteiger partial charge in [0.2, 0.25) is 5.91 Å². The van der Waals surface area contributed by atoms with Crippen LogP contribution in [0.4, 0.5) is 5.69 Å². The predicted molar refractivity (Wildman–Crippen MR) is 88.7 cm³/mol. The molecule has 1 unspecified atom stereocenters. The molecule has 2 rings (SSSR count). The van der Waals surface area contributed by atoms with Crippen LogP contribution in [0, 0.1) is 6.92 Å². The van der Waals surface area contributed by atoms with Crippen molar-refractivity contribution in [1.82, 2.24) is 0 Å². The van der Waals surface area contributed by atoms with E-state index in [4.69, 9.17) is 0 Å². The minimum atomic E-state index is -0.190. The fraction of sp³-hybridized carbons (Fsp3) is 0.235. The lowest BCUT2D eigenvalue weighted by Gasteiger charge is -2.13. The molecule has 4 heteroatoms. The van der Waals surface area contributed by atoms with E-state index in [-0.39, 0.29) is 16.9 Å². The van der Waals surface area contributed by atoms with Gasteiger partial charge in [-0.3, -0.25) is 4.79 Å². The lowest BCUT2D eigenvalue weighted by Crippen LogP contribution is -2.22. The van der Waals surface area contributed by atoms with E-state index in [9.17, 15) is 9.90 Å². The molecule has 1 atom stereocenters. The molecule has 1 amide bonds. The smallest absolute Gasteiger partial charge is 0.237 e. The van der Waals surface area contributed by atoms with Gasteiger partial charge in [0, 0.05) is 5.75 Å². The van der Waals surface area contributed by atoms with Crippen LogP contribution in [0.1, 0.15) is 18.1 Å². The van der Waals surface area contributed by atoms with Gasteiger partial charge in [0.25, 0.3) is 0 Å². The third-order valence-electron chi connectivity index (χ3n) is 3.12. The Labute approximate surface area is 129 Å². The summed E-state index contributed by atoms with van der Waals surface area (Å²) in [5.74, 6) is 0.779. The lowest BCUT2D eigenvalue weighted by molar-refractivity contribution is -0.115. The maximum atomic E-state index is 12.2. The zero-order valence-electron chi connectivity index (χ0n) is 12.2. The summed E-state index contributed by atoms with van der Waals surface area (Å²) < 4.78 is 0. The summed E-state index contributed by atoms with van der Waals surface area (Å²) in [7, 11) is 0. The van der Waals surface area contributed by atoms with Gasteiger partial charge in [-0.25, -0.2) is 0 Å². The number of aromatic hydroxyl groups is 1. The van der Waals surface area contributed by atoms with Gasteiger partial charge in [0.1, 0.15) is 5.75 Å². The highest BCUT2D eigenvalue weighted by molar-refractivity contribution is 7.99. The number of carbonyl (C=O) groups excluding carboxylic acids is 1. The van der Waals surface area contributed by atoms with Crippen LogP contribution in [0.3, 0.4) is 0 Å². The fourth-order valence-corrected chi connectivity index (χ4v) is 2.70. The van der Waals surface area contributed by atoms with Crippen LogP contribution in [-0.2, 0) is 10.5 Å². The topological polar surface area (TPSA) is 49.3 Å². The zero-order chi connectivity index (χ0) is 15.2. The van der Waals surface area contributed by atoms with Crippen molar-refractivity contribution >= 4 is 23.4 Å². The van der Waals surface area contributed by atoms with E-state index in [1.165, 1.54) is 5.56 Å². The molecule has 21 heavy (non-hydrogen) atoms. The molecule has 0 saturated carbocycles. The number of phenolic OH excluding ortho intramolecular Hbond substituents is 1. The second kappa shape index (κ2) is 7.18. The second-order valence-corrected chi connectivity index (χ2v) is 6.28. The normalized spacial score (nSPS) is 11.9. The number of benzene rings is 2. The van der Waals surface area contributed by atoms with Gasteiger partial charge >= 0.3 is 0 Å². The van der Waals surface area contributed by atoms with Crippen molar-refractivity contribution < 1.29 is 9.90 Å². The van der Waals surface area contributed by atoms with Gasteiger partial charge in [-0.15, -0.1) is 11.8 Å². The van der Waals surface area contributed by atoms with Crippen LogP contribution in [0.15, 0.2) is 48.5 Å². The molecular formula is C17H19NO2S. The number of aryl methyl sites for hydroxylation is 1. The van der Waals surface area contributed by atoms with Crippen molar-refractivity contribution in [3.63, 3.8) is 0 Å². The van der Waals surface area contributed by atoms with Gasteiger partial charge in [-0.05, 0) is 37.1 Å². The summed E-state index contributed by atoms with van der Waals surface area (Å²) in [6.45, 7) is 3.79. The average molecular weight is 301 g/mol. The van der Waals surface area contributed by atoms with E-state index in [1.54, 1.807) is 30.0 Å². The Balaban J connectivity index is 1.92. The van der Waals surface area contributed by atoms with Crippen molar-refractivity contribution in [3.05, 3.63) is 59.7 Å². The van der Waals surface area contributed by atoms with E-state index in [2.05, 4.69) is 5.32 Å². The highest BCUT2D eigenvalue weighted by atomic mass is 32.2. The Morgan fingerprint density at radius 1 is 1.24 bits per heavy atom. The molecule has 0 spiro atoms. The van der Waals surface area contributed by atoms with Gasteiger partial charge in [-0.1, -0.05) is 36.4 Å². The highest BCUT2D eigenvalue weighted by Gasteiger charge is 2.15. The molecule has 0 aliphatic rings. The summed E-state index contributed by atoms with van der Waals surface area (Å²) in [6, 6.07) is 15.2. The van der Waals surface area contributed by atoms with Crippen LogP contribution < -0.4 is 5.32 Å². The Morgan fingerprint density at radius 2 is 1.95 bits per heavy atom. The number of hydrogen-bond donors (Lipinski definition) is 2. The summed E-state index contributed by atoms with van der Waals surface area (Å²) in [4.78, 5) is 12.2. The molecule has 0 aromatic heterocycles. The maximum Gasteiger partial charge on any atom is 0.237 e. The first-order chi connectivity index (χ1) is 10.1. The number of amides is 1. The van der Waals surface area contributed by atoms with E-state index in [0.29, 0.717) is 5.69 Å². The van der Waals surface area contributed by atoms with Gasteiger partial charge in [0.15, 0.2) is 0 Å². The molecule has 0 heterocycles. The zero-order valence-corrected chi connectivity index (χ0v) is 13.0. The molecule has 2 aromatic carbocycles. The molecule has 3 nitrogen and oxygen atoms in total. The van der Waals surface area contributed by atoms with E-state index in [1.807, 2.05) is 44.2 Å². The van der Waals surface area contributed by atoms with Crippen LogP contribution in [0.25, 0.3) is 0 Å². The molecule has 2 aromatic rings. The first-order valence-electron chi connectivity index (χ1n) is 6.82. The minimum absolute atomic E-state index is 0.0919. The third kappa shape index (κ3) is 4.53. The Morgan fingerprint density at radius 3 is 2.67 bits per heavy atom. The number of phenols is 1. The Kier molecular flexibility index (Phi) is 5.28. The van der Waals surface area contributed by atoms with Crippen LogP contribution in [0.5, 0.6) is 5.75 Å². The number of anilines is 1. The van der Waals surface area contributed by atoms with E-state index < -0.39 is 0 Å². The summed E-state index contributed by atoms with van der Waals surface area (Å²) in [6.07, 6.45) is 0. The van der Waals surface area contributed by atoms with E-state index >= 15 is 0 Å². The lowest BCUT2D eigenvalue weighted by atomic mass is 10.2. The summed E-state index contributed by atoms with van der Waals surface area (Å²) in [5.41, 5.74) is 2.65. The SMILES string of the molecule is Cc1ccc(O)c(NC(=O)C(C)SCc2ccccc2)c1. The van der Waals surface area contributed by atoms with Crippen LogP contribution >= 0.6 is 11.8 Å². The van der Waals surface area contributed by atoms with Gasteiger partial charge in [-0.2, -0.15) is 0 Å². The van der Waals surface area contributed by atoms with Crippen molar-refractivity contribution in [2.45, 2.75) is 24.9 Å². The van der Waals surface area contributed by atoms with Gasteiger partial charge < -0.3 is 10.4 Å². The molecule has 110 valence electrons. The number of carbonyl (C=O) groups is 1. The van der Waals surface area contributed by atoms with Crippen molar-refractivity contribution in [2.24, 2.45) is 0 Å². The highest BCUT2D eigenvalue weighted by Crippen LogP contribution is 2.25. The van der Waals surface area contributed by atoms with E-state index in [0.717, 1.165) is 11.3 Å². The predicted octanol–water partition coefficient (Wildman–Crippen LogP) is 3.96. The fourth-order valence-electron chi connectivity index (χ4n) is 1.86. The van der Waals surface area contributed by atoms with Crippen molar-refractivity contribution in [2.75, 3.05) is 5.32 Å². The molecule has 0 aliphatic heterocycles. The average Bonchev–Trinajstić information content (AvgIpc) is 2.49. The first kappa shape index (κ1) is 15.4. The van der Waals surface area contributed by atoms with Crippen LogP contribution in [-0.4, -0.2) is 16.3 Å². The number of hydrogen-bond acceptors (Lipinski definition) is 3. The number of rotatable bonds is 5.